The SMILES string of the molecule is O=C(NCc1cccc(C(F)(F)F)c1)c1cccc(Oc2ccccn2)c1. The number of ether oxygens (including phenoxy) is 1. The van der Waals surface area contributed by atoms with Crippen molar-refractivity contribution < 1.29 is 22.7 Å². The lowest BCUT2D eigenvalue weighted by atomic mass is 10.1. The van der Waals surface area contributed by atoms with Gasteiger partial charge in [0, 0.05) is 24.4 Å². The lowest BCUT2D eigenvalue weighted by Gasteiger charge is -2.10. The fraction of sp³-hybridized carbons (Fsp3) is 0.100. The van der Waals surface area contributed by atoms with E-state index in [9.17, 15) is 18.0 Å². The smallest absolute Gasteiger partial charge is 0.416 e. The van der Waals surface area contributed by atoms with Crippen LogP contribution in [0, 0.1) is 0 Å². The van der Waals surface area contributed by atoms with Crippen molar-refractivity contribution in [2.75, 3.05) is 0 Å². The van der Waals surface area contributed by atoms with E-state index in [4.69, 9.17) is 4.74 Å². The molecule has 138 valence electrons. The molecule has 0 fully saturated rings. The number of rotatable bonds is 5. The largest absolute Gasteiger partial charge is 0.439 e. The van der Waals surface area contributed by atoms with E-state index in [1.165, 1.54) is 18.2 Å². The maximum absolute atomic E-state index is 12.7. The van der Waals surface area contributed by atoms with Gasteiger partial charge >= 0.3 is 6.18 Å². The van der Waals surface area contributed by atoms with Crippen LogP contribution in [0.2, 0.25) is 0 Å². The summed E-state index contributed by atoms with van der Waals surface area (Å²) in [5.74, 6) is 0.401. The number of benzene rings is 2. The van der Waals surface area contributed by atoms with Crippen LogP contribution >= 0.6 is 0 Å². The monoisotopic (exact) mass is 372 g/mol. The zero-order valence-electron chi connectivity index (χ0n) is 14.0. The van der Waals surface area contributed by atoms with Crippen LogP contribution in [-0.2, 0) is 12.7 Å². The number of aromatic nitrogens is 1. The number of nitrogens with one attached hydrogen (secondary N) is 1. The van der Waals surface area contributed by atoms with Crippen LogP contribution in [0.1, 0.15) is 21.5 Å². The number of alkyl halides is 3. The van der Waals surface area contributed by atoms with Gasteiger partial charge in [0.05, 0.1) is 5.56 Å². The molecule has 2 aromatic carbocycles. The molecular formula is C20H15F3N2O2. The van der Waals surface area contributed by atoms with Gasteiger partial charge in [-0.25, -0.2) is 4.98 Å². The van der Waals surface area contributed by atoms with Gasteiger partial charge in [0.15, 0.2) is 0 Å². The number of pyridine rings is 1. The van der Waals surface area contributed by atoms with Crippen molar-refractivity contribution >= 4 is 5.91 Å². The van der Waals surface area contributed by atoms with E-state index in [2.05, 4.69) is 10.3 Å². The van der Waals surface area contributed by atoms with Crippen molar-refractivity contribution in [3.05, 3.63) is 89.6 Å². The Morgan fingerprint density at radius 2 is 1.81 bits per heavy atom. The van der Waals surface area contributed by atoms with Crippen molar-refractivity contribution in [3.63, 3.8) is 0 Å². The number of carbonyl (C=O) groups is 1. The van der Waals surface area contributed by atoms with Gasteiger partial charge in [0.1, 0.15) is 5.75 Å². The first-order chi connectivity index (χ1) is 12.9. The predicted molar refractivity (Wildman–Crippen MR) is 93.4 cm³/mol. The first-order valence-corrected chi connectivity index (χ1v) is 8.05. The van der Waals surface area contributed by atoms with Crippen molar-refractivity contribution in [1.82, 2.24) is 10.3 Å². The molecule has 0 spiro atoms. The molecule has 0 bridgehead atoms. The Hall–Kier alpha value is -3.35. The van der Waals surface area contributed by atoms with Crippen LogP contribution < -0.4 is 10.1 Å². The van der Waals surface area contributed by atoms with Gasteiger partial charge in [-0.1, -0.05) is 24.3 Å². The zero-order valence-corrected chi connectivity index (χ0v) is 14.0. The summed E-state index contributed by atoms with van der Waals surface area (Å²) in [6.07, 6.45) is -2.84. The summed E-state index contributed by atoms with van der Waals surface area (Å²) in [4.78, 5) is 16.3. The van der Waals surface area contributed by atoms with Crippen LogP contribution in [-0.4, -0.2) is 10.9 Å². The summed E-state index contributed by atoms with van der Waals surface area (Å²) in [6, 6.07) is 16.5. The summed E-state index contributed by atoms with van der Waals surface area (Å²) in [7, 11) is 0. The number of nitrogens with zero attached hydrogens (tertiary/aromatic N) is 1. The summed E-state index contributed by atoms with van der Waals surface area (Å²) >= 11 is 0. The molecular weight excluding hydrogens is 357 g/mol. The van der Waals surface area contributed by atoms with E-state index in [1.54, 1.807) is 42.6 Å². The molecule has 3 rings (SSSR count). The van der Waals surface area contributed by atoms with Gasteiger partial charge in [-0.2, -0.15) is 13.2 Å². The van der Waals surface area contributed by atoms with E-state index in [0.717, 1.165) is 12.1 Å². The molecule has 27 heavy (non-hydrogen) atoms. The first-order valence-electron chi connectivity index (χ1n) is 8.05. The Balaban J connectivity index is 1.66. The second kappa shape index (κ2) is 7.90. The molecule has 0 unspecified atom stereocenters. The lowest BCUT2D eigenvalue weighted by molar-refractivity contribution is -0.137. The lowest BCUT2D eigenvalue weighted by Crippen LogP contribution is -2.23. The molecule has 0 saturated carbocycles. The summed E-state index contributed by atoms with van der Waals surface area (Å²) in [5.41, 5.74) is -0.0607. The fourth-order valence-electron chi connectivity index (χ4n) is 2.37. The molecule has 1 heterocycles. The Kier molecular flexibility index (Phi) is 5.40. The molecule has 0 aliphatic carbocycles. The number of hydrogen-bond donors (Lipinski definition) is 1. The zero-order chi connectivity index (χ0) is 19.3. The highest BCUT2D eigenvalue weighted by Crippen LogP contribution is 2.29. The van der Waals surface area contributed by atoms with Crippen molar-refractivity contribution in [2.45, 2.75) is 12.7 Å². The molecule has 0 aliphatic rings. The van der Waals surface area contributed by atoms with E-state index >= 15 is 0 Å². The second-order valence-corrected chi connectivity index (χ2v) is 5.68. The van der Waals surface area contributed by atoms with Gasteiger partial charge in [0.2, 0.25) is 5.88 Å². The van der Waals surface area contributed by atoms with Gasteiger partial charge in [-0.05, 0) is 42.0 Å². The Morgan fingerprint density at radius 3 is 2.56 bits per heavy atom. The van der Waals surface area contributed by atoms with Crippen molar-refractivity contribution in [3.8, 4) is 11.6 Å². The molecule has 7 heteroatoms. The minimum Gasteiger partial charge on any atom is -0.439 e. The molecule has 0 saturated heterocycles. The number of halogens is 3. The van der Waals surface area contributed by atoms with E-state index < -0.39 is 17.6 Å². The molecule has 0 atom stereocenters. The highest BCUT2D eigenvalue weighted by atomic mass is 19.4. The topological polar surface area (TPSA) is 51.2 Å². The van der Waals surface area contributed by atoms with Gasteiger partial charge in [-0.3, -0.25) is 4.79 Å². The van der Waals surface area contributed by atoms with Crippen LogP contribution in [0.15, 0.2) is 72.9 Å². The average Bonchev–Trinajstić information content (AvgIpc) is 2.67. The van der Waals surface area contributed by atoms with Gasteiger partial charge in [0.25, 0.3) is 5.91 Å². The number of carbonyl (C=O) groups excluding carboxylic acids is 1. The molecule has 0 aliphatic heterocycles. The van der Waals surface area contributed by atoms with Crippen LogP contribution in [0.4, 0.5) is 13.2 Å². The first kappa shape index (κ1) is 18.4. The number of amides is 1. The van der Waals surface area contributed by atoms with Gasteiger partial charge < -0.3 is 10.1 Å². The Morgan fingerprint density at radius 1 is 1.00 bits per heavy atom. The third-order valence-electron chi connectivity index (χ3n) is 3.66. The summed E-state index contributed by atoms with van der Waals surface area (Å²) in [6.45, 7) is -0.0198. The molecule has 4 nitrogen and oxygen atoms in total. The van der Waals surface area contributed by atoms with Gasteiger partial charge in [-0.15, -0.1) is 0 Å². The third kappa shape index (κ3) is 5.07. The minimum atomic E-state index is -4.42. The van der Waals surface area contributed by atoms with Crippen LogP contribution in [0.3, 0.4) is 0 Å². The molecule has 1 N–H and O–H groups in total. The highest BCUT2D eigenvalue weighted by Gasteiger charge is 2.30. The normalized spacial score (nSPS) is 11.1. The third-order valence-corrected chi connectivity index (χ3v) is 3.66. The fourth-order valence-corrected chi connectivity index (χ4v) is 2.37. The van der Waals surface area contributed by atoms with Crippen molar-refractivity contribution in [2.24, 2.45) is 0 Å². The van der Waals surface area contributed by atoms with Crippen LogP contribution in [0.5, 0.6) is 11.6 Å². The summed E-state index contributed by atoms with van der Waals surface area (Å²) < 4.78 is 43.8. The molecule has 0 radical (unpaired) electrons. The number of hydrogen-bond acceptors (Lipinski definition) is 3. The Labute approximate surface area is 153 Å². The molecule has 1 amide bonds. The van der Waals surface area contributed by atoms with E-state index in [-0.39, 0.29) is 6.54 Å². The maximum Gasteiger partial charge on any atom is 0.416 e. The molecule has 1 aromatic heterocycles. The second-order valence-electron chi connectivity index (χ2n) is 5.68. The average molecular weight is 372 g/mol. The summed E-state index contributed by atoms with van der Waals surface area (Å²) in [5, 5.41) is 2.61. The quantitative estimate of drug-likeness (QED) is 0.698. The minimum absolute atomic E-state index is 0.0198. The van der Waals surface area contributed by atoms with E-state index in [1.807, 2.05) is 0 Å². The van der Waals surface area contributed by atoms with Crippen LogP contribution in [0.25, 0.3) is 0 Å². The van der Waals surface area contributed by atoms with Crippen molar-refractivity contribution in [1.29, 1.82) is 0 Å². The highest BCUT2D eigenvalue weighted by molar-refractivity contribution is 5.94. The Bertz CT molecular complexity index is 928. The maximum atomic E-state index is 12.7. The molecule has 3 aromatic rings. The standard InChI is InChI=1S/C20H15F3N2O2/c21-20(22,23)16-7-3-5-14(11-16)13-25-19(26)15-6-4-8-17(12-15)27-18-9-1-2-10-24-18/h1-12H,13H2,(H,25,26). The van der Waals surface area contributed by atoms with E-state index in [0.29, 0.717) is 22.8 Å². The predicted octanol–water partition coefficient (Wildman–Crippen LogP) is 4.82.